The van der Waals surface area contributed by atoms with Gasteiger partial charge >= 0.3 is 0 Å². The molecular formula is C11H21N5O4. The van der Waals surface area contributed by atoms with E-state index in [-0.39, 0.29) is 25.4 Å². The average molecular weight is 287 g/mol. The minimum Gasteiger partial charge on any atom is -0.353 e. The maximum Gasteiger partial charge on any atom is 0.257 e. The number of rotatable bonds is 8. The first-order chi connectivity index (χ1) is 9.40. The second-order valence-corrected chi connectivity index (χ2v) is 3.85. The van der Waals surface area contributed by atoms with Crippen molar-refractivity contribution in [2.75, 3.05) is 19.6 Å². The van der Waals surface area contributed by atoms with E-state index >= 15 is 0 Å². The molecule has 0 aromatic heterocycles. The van der Waals surface area contributed by atoms with Gasteiger partial charge in [0, 0.05) is 13.0 Å². The smallest absolute Gasteiger partial charge is 0.257 e. The van der Waals surface area contributed by atoms with Gasteiger partial charge in [0.2, 0.25) is 17.7 Å². The third-order valence-corrected chi connectivity index (χ3v) is 2.16. The lowest BCUT2D eigenvalue weighted by Crippen LogP contribution is -2.54. The summed E-state index contributed by atoms with van der Waals surface area (Å²) in [7, 11) is 0. The summed E-state index contributed by atoms with van der Waals surface area (Å²) in [5.74, 6) is -1.88. The number of hydrogen-bond donors (Lipinski definition) is 5. The van der Waals surface area contributed by atoms with Gasteiger partial charge in [-0.15, -0.1) is 0 Å². The molecule has 4 amide bonds. The standard InChI is InChI=1S/C11H21N5O4/c1-3-7(17)14-5-8(18)15-6-9(19)16-10(12)11(20)13-4-2/h10H,3-6,12H2,1-2H3,(H,13,20)(H,14,17)(H,15,18)(H,16,19). The van der Waals surface area contributed by atoms with Gasteiger partial charge in [0.25, 0.3) is 5.91 Å². The van der Waals surface area contributed by atoms with Gasteiger partial charge in [-0.2, -0.15) is 0 Å². The molecule has 0 aromatic carbocycles. The lowest BCUT2D eigenvalue weighted by molar-refractivity contribution is -0.130. The van der Waals surface area contributed by atoms with Crippen LogP contribution in [0.2, 0.25) is 0 Å². The average Bonchev–Trinajstić information content (AvgIpc) is 2.42. The van der Waals surface area contributed by atoms with Crippen LogP contribution in [0.4, 0.5) is 0 Å². The number of nitrogens with two attached hydrogens (primary N) is 1. The molecule has 1 unspecified atom stereocenters. The number of carbonyl (C=O) groups excluding carboxylic acids is 4. The van der Waals surface area contributed by atoms with Crippen LogP contribution in [0.25, 0.3) is 0 Å². The summed E-state index contributed by atoms with van der Waals surface area (Å²) in [5.41, 5.74) is 5.41. The highest BCUT2D eigenvalue weighted by Gasteiger charge is 2.15. The number of likely N-dealkylation sites (N-methyl/N-ethyl adjacent to an activating group) is 1. The highest BCUT2D eigenvalue weighted by molar-refractivity contribution is 5.90. The summed E-state index contributed by atoms with van der Waals surface area (Å²) in [6.07, 6.45) is -0.894. The largest absolute Gasteiger partial charge is 0.353 e. The van der Waals surface area contributed by atoms with Crippen molar-refractivity contribution in [3.63, 3.8) is 0 Å². The third-order valence-electron chi connectivity index (χ3n) is 2.16. The van der Waals surface area contributed by atoms with Crippen LogP contribution in [0.1, 0.15) is 20.3 Å². The highest BCUT2D eigenvalue weighted by atomic mass is 16.2. The van der Waals surface area contributed by atoms with Gasteiger partial charge in [-0.25, -0.2) is 0 Å². The van der Waals surface area contributed by atoms with E-state index in [1.54, 1.807) is 13.8 Å². The Morgan fingerprint density at radius 2 is 1.45 bits per heavy atom. The number of hydrogen-bond acceptors (Lipinski definition) is 5. The lowest BCUT2D eigenvalue weighted by atomic mass is 10.4. The molecule has 0 spiro atoms. The Bertz CT molecular complexity index is 372. The van der Waals surface area contributed by atoms with Crippen molar-refractivity contribution < 1.29 is 19.2 Å². The molecule has 0 aliphatic carbocycles. The first-order valence-electron chi connectivity index (χ1n) is 6.26. The van der Waals surface area contributed by atoms with Crippen LogP contribution in [0.5, 0.6) is 0 Å². The van der Waals surface area contributed by atoms with Gasteiger partial charge in [0.1, 0.15) is 0 Å². The van der Waals surface area contributed by atoms with Crippen LogP contribution in [0.3, 0.4) is 0 Å². The van der Waals surface area contributed by atoms with Crippen LogP contribution >= 0.6 is 0 Å². The van der Waals surface area contributed by atoms with Crippen LogP contribution in [0.15, 0.2) is 0 Å². The van der Waals surface area contributed by atoms with Crippen molar-refractivity contribution in [1.82, 2.24) is 21.3 Å². The molecule has 20 heavy (non-hydrogen) atoms. The minimum absolute atomic E-state index is 0.206. The van der Waals surface area contributed by atoms with E-state index in [1.807, 2.05) is 0 Å². The summed E-state index contributed by atoms with van der Waals surface area (Å²) < 4.78 is 0. The Kier molecular flexibility index (Phi) is 8.68. The fourth-order valence-corrected chi connectivity index (χ4v) is 1.12. The SMILES string of the molecule is CCNC(=O)C(N)NC(=O)CNC(=O)CNC(=O)CC. The minimum atomic E-state index is -1.17. The predicted octanol–water partition coefficient (Wildman–Crippen LogP) is -2.83. The molecule has 0 aliphatic heterocycles. The normalized spacial score (nSPS) is 11.2. The summed E-state index contributed by atoms with van der Waals surface area (Å²) in [5, 5.41) is 9.31. The van der Waals surface area contributed by atoms with E-state index in [1.165, 1.54) is 0 Å². The van der Waals surface area contributed by atoms with Crippen molar-refractivity contribution in [3.8, 4) is 0 Å². The zero-order chi connectivity index (χ0) is 15.5. The highest BCUT2D eigenvalue weighted by Crippen LogP contribution is 1.76. The maximum absolute atomic E-state index is 11.4. The summed E-state index contributed by atoms with van der Waals surface area (Å²) in [6.45, 7) is 3.24. The lowest BCUT2D eigenvalue weighted by Gasteiger charge is -2.13. The summed E-state index contributed by atoms with van der Waals surface area (Å²) >= 11 is 0. The van der Waals surface area contributed by atoms with Crippen molar-refractivity contribution in [2.45, 2.75) is 26.4 Å². The predicted molar refractivity (Wildman–Crippen MR) is 71.1 cm³/mol. The van der Waals surface area contributed by atoms with E-state index < -0.39 is 23.9 Å². The van der Waals surface area contributed by atoms with Crippen molar-refractivity contribution in [1.29, 1.82) is 0 Å². The molecule has 0 aliphatic rings. The Balaban J connectivity index is 3.90. The molecule has 0 aromatic rings. The monoisotopic (exact) mass is 287 g/mol. The van der Waals surface area contributed by atoms with Crippen LogP contribution in [-0.2, 0) is 19.2 Å². The molecule has 0 heterocycles. The van der Waals surface area contributed by atoms with E-state index in [9.17, 15) is 19.2 Å². The fraction of sp³-hybridized carbons (Fsp3) is 0.636. The molecule has 0 bridgehead atoms. The molecule has 0 radical (unpaired) electrons. The van der Waals surface area contributed by atoms with Crippen LogP contribution < -0.4 is 27.0 Å². The van der Waals surface area contributed by atoms with E-state index in [0.717, 1.165) is 0 Å². The van der Waals surface area contributed by atoms with E-state index in [0.29, 0.717) is 6.54 Å². The van der Waals surface area contributed by atoms with Crippen molar-refractivity contribution in [2.24, 2.45) is 5.73 Å². The van der Waals surface area contributed by atoms with Gasteiger partial charge in [-0.1, -0.05) is 6.92 Å². The Morgan fingerprint density at radius 3 is 2.00 bits per heavy atom. The number of carbonyl (C=O) groups is 4. The number of nitrogens with one attached hydrogen (secondary N) is 4. The summed E-state index contributed by atoms with van der Waals surface area (Å²) in [4.78, 5) is 44.8. The van der Waals surface area contributed by atoms with E-state index in [4.69, 9.17) is 5.73 Å². The quantitative estimate of drug-likeness (QED) is 0.306. The molecule has 9 heteroatoms. The van der Waals surface area contributed by atoms with Crippen molar-refractivity contribution in [3.05, 3.63) is 0 Å². The zero-order valence-corrected chi connectivity index (χ0v) is 11.6. The molecule has 0 rings (SSSR count). The molecule has 0 saturated heterocycles. The molecular weight excluding hydrogens is 266 g/mol. The van der Waals surface area contributed by atoms with E-state index in [2.05, 4.69) is 21.3 Å². The second kappa shape index (κ2) is 9.73. The molecule has 114 valence electrons. The molecule has 9 nitrogen and oxygen atoms in total. The van der Waals surface area contributed by atoms with Crippen molar-refractivity contribution >= 4 is 23.6 Å². The Morgan fingerprint density at radius 1 is 0.900 bits per heavy atom. The van der Waals surface area contributed by atoms with Crippen LogP contribution in [0, 0.1) is 0 Å². The van der Waals surface area contributed by atoms with Gasteiger partial charge in [0.15, 0.2) is 6.17 Å². The Hall–Kier alpha value is -2.16. The topological polar surface area (TPSA) is 142 Å². The Labute approximate surface area is 117 Å². The molecule has 1 atom stereocenters. The molecule has 6 N–H and O–H groups in total. The van der Waals surface area contributed by atoms with Gasteiger partial charge in [-0.3, -0.25) is 19.2 Å². The molecule has 0 saturated carbocycles. The second-order valence-electron chi connectivity index (χ2n) is 3.85. The zero-order valence-electron chi connectivity index (χ0n) is 11.6. The third kappa shape index (κ3) is 8.03. The van der Waals surface area contributed by atoms with Gasteiger partial charge in [0.05, 0.1) is 13.1 Å². The fourth-order valence-electron chi connectivity index (χ4n) is 1.12. The van der Waals surface area contributed by atoms with Crippen LogP contribution in [-0.4, -0.2) is 49.4 Å². The molecule has 0 fully saturated rings. The first kappa shape index (κ1) is 17.8. The maximum atomic E-state index is 11.4. The number of amides is 4. The summed E-state index contributed by atoms with van der Waals surface area (Å²) in [6, 6.07) is 0. The van der Waals surface area contributed by atoms with Gasteiger partial charge < -0.3 is 27.0 Å². The van der Waals surface area contributed by atoms with Gasteiger partial charge in [-0.05, 0) is 6.92 Å². The first-order valence-corrected chi connectivity index (χ1v) is 6.26.